The molecule has 1 N–H and O–H groups in total. The Morgan fingerprint density at radius 3 is 2.53 bits per heavy atom. The number of nitrogens with zero attached hydrogens (tertiary/aromatic N) is 6. The third-order valence-electron chi connectivity index (χ3n) is 9.82. The number of fused-ring (bicyclic) bond motifs is 5. The second-order valence-corrected chi connectivity index (χ2v) is 13.2. The van der Waals surface area contributed by atoms with Crippen LogP contribution in [0, 0.1) is 5.92 Å². The topological polar surface area (TPSA) is 135 Å². The number of benzene rings is 2. The van der Waals surface area contributed by atoms with Crippen molar-refractivity contribution in [2.75, 3.05) is 72.0 Å². The smallest absolute Gasteiger partial charge is 0.239 e. The van der Waals surface area contributed by atoms with E-state index in [1.165, 1.54) is 0 Å². The number of ether oxygens (including phenoxy) is 3. The van der Waals surface area contributed by atoms with Gasteiger partial charge in [0.2, 0.25) is 29.3 Å². The predicted molar refractivity (Wildman–Crippen MR) is 194 cm³/mol. The summed E-state index contributed by atoms with van der Waals surface area (Å²) in [6.07, 6.45) is 4.09. The molecule has 4 aromatic rings. The number of aryl methyl sites for hydroxylation is 1. The van der Waals surface area contributed by atoms with Gasteiger partial charge in [0.05, 0.1) is 33.4 Å². The summed E-state index contributed by atoms with van der Waals surface area (Å²) in [4.78, 5) is 43.0. The van der Waals surface area contributed by atoms with Gasteiger partial charge in [-0.2, -0.15) is 4.98 Å². The molecule has 0 radical (unpaired) electrons. The Hall–Kier alpha value is -4.91. The molecule has 2 aromatic heterocycles. The lowest BCUT2D eigenvalue weighted by molar-refractivity contribution is -0.136. The molecule has 1 fully saturated rings. The fraction of sp³-hybridized carbons (Fsp3) is 0.500. The lowest BCUT2D eigenvalue weighted by Crippen LogP contribution is -2.45. The first-order valence-corrected chi connectivity index (χ1v) is 17.9. The van der Waals surface area contributed by atoms with Crippen LogP contribution in [-0.2, 0) is 22.6 Å². The van der Waals surface area contributed by atoms with Gasteiger partial charge in [-0.25, -0.2) is 4.98 Å². The van der Waals surface area contributed by atoms with Crippen molar-refractivity contribution in [3.8, 4) is 28.6 Å². The second kappa shape index (κ2) is 16.9. The minimum absolute atomic E-state index is 0.0232. The van der Waals surface area contributed by atoms with E-state index in [0.29, 0.717) is 55.0 Å². The Labute approximate surface area is 299 Å². The minimum atomic E-state index is -0.149. The molecule has 272 valence electrons. The standard InChI is InChI=1S/C38H49N7O6/c1-5-43-17-9-10-18-44(34(47)16-15-33-41-37(42-51-33)27-13-7-6-8-14-27)25-32(46)39-22-26-12-11-19-45(23-26)38-28(24-43)20-29-30(40-38)21-31(48-2)36(50-4)35(29)49-3/h6-8,13-14,20-21,26H,5,9-12,15-19,22-25H2,1-4H3,(H,39,46). The van der Waals surface area contributed by atoms with Crippen molar-refractivity contribution in [1.82, 2.24) is 30.2 Å². The van der Waals surface area contributed by atoms with Gasteiger partial charge < -0.3 is 33.9 Å². The second-order valence-electron chi connectivity index (χ2n) is 13.2. The number of nitrogens with one attached hydrogen (secondary N) is 1. The highest BCUT2D eigenvalue weighted by Gasteiger charge is 2.27. The molecule has 0 spiro atoms. The monoisotopic (exact) mass is 699 g/mol. The molecule has 1 atom stereocenters. The van der Waals surface area contributed by atoms with E-state index >= 15 is 0 Å². The number of anilines is 1. The molecular formula is C38H49N7O6. The average molecular weight is 700 g/mol. The highest BCUT2D eigenvalue weighted by atomic mass is 16.5. The summed E-state index contributed by atoms with van der Waals surface area (Å²) in [5.41, 5.74) is 2.74. The van der Waals surface area contributed by atoms with E-state index in [1.54, 1.807) is 26.2 Å². The van der Waals surface area contributed by atoms with Crippen molar-refractivity contribution in [3.05, 3.63) is 53.9 Å². The van der Waals surface area contributed by atoms with Gasteiger partial charge in [0.15, 0.2) is 11.5 Å². The molecule has 2 aliphatic heterocycles. The molecule has 2 aliphatic rings. The van der Waals surface area contributed by atoms with Crippen molar-refractivity contribution in [1.29, 1.82) is 0 Å². The summed E-state index contributed by atoms with van der Waals surface area (Å²) in [6.45, 7) is 7.24. The summed E-state index contributed by atoms with van der Waals surface area (Å²) in [6, 6.07) is 13.7. The van der Waals surface area contributed by atoms with Crippen molar-refractivity contribution in [3.63, 3.8) is 0 Å². The molecule has 6 rings (SSSR count). The van der Waals surface area contributed by atoms with Crippen LogP contribution in [0.4, 0.5) is 5.82 Å². The van der Waals surface area contributed by atoms with E-state index < -0.39 is 0 Å². The molecule has 0 aliphatic carbocycles. The van der Waals surface area contributed by atoms with Gasteiger partial charge in [-0.3, -0.25) is 14.5 Å². The molecular weight excluding hydrogens is 650 g/mol. The molecule has 2 bridgehead atoms. The number of piperidine rings is 1. The van der Waals surface area contributed by atoms with Crippen molar-refractivity contribution >= 4 is 28.5 Å². The van der Waals surface area contributed by atoms with Crippen molar-refractivity contribution in [2.45, 2.75) is 52.0 Å². The van der Waals surface area contributed by atoms with Crippen LogP contribution in [-0.4, -0.2) is 104 Å². The molecule has 2 amide bonds. The maximum atomic E-state index is 13.5. The third-order valence-corrected chi connectivity index (χ3v) is 9.82. The van der Waals surface area contributed by atoms with Crippen LogP contribution in [0.1, 0.15) is 50.5 Å². The Bertz CT molecular complexity index is 1800. The van der Waals surface area contributed by atoms with E-state index in [-0.39, 0.29) is 30.7 Å². The maximum Gasteiger partial charge on any atom is 0.239 e. The van der Waals surface area contributed by atoms with E-state index in [9.17, 15) is 9.59 Å². The number of carbonyl (C=O) groups is 2. The Kier molecular flexibility index (Phi) is 11.9. The lowest BCUT2D eigenvalue weighted by Gasteiger charge is -2.36. The van der Waals surface area contributed by atoms with Gasteiger partial charge >= 0.3 is 0 Å². The number of hydrogen-bond acceptors (Lipinski definition) is 11. The molecule has 13 heteroatoms. The van der Waals surface area contributed by atoms with Crippen molar-refractivity contribution in [2.24, 2.45) is 5.92 Å². The minimum Gasteiger partial charge on any atom is -0.493 e. The predicted octanol–water partition coefficient (Wildman–Crippen LogP) is 4.72. The zero-order valence-electron chi connectivity index (χ0n) is 30.2. The summed E-state index contributed by atoms with van der Waals surface area (Å²) >= 11 is 0. The van der Waals surface area contributed by atoms with Crippen molar-refractivity contribution < 1.29 is 28.3 Å². The number of pyridine rings is 1. The van der Waals surface area contributed by atoms with E-state index in [0.717, 1.165) is 79.7 Å². The summed E-state index contributed by atoms with van der Waals surface area (Å²) in [5.74, 6) is 3.54. The van der Waals surface area contributed by atoms with E-state index in [4.69, 9.17) is 23.7 Å². The Morgan fingerprint density at radius 2 is 1.76 bits per heavy atom. The van der Waals surface area contributed by atoms with Gasteiger partial charge in [0.25, 0.3) is 0 Å². The number of rotatable bonds is 8. The van der Waals surface area contributed by atoms with Gasteiger partial charge in [-0.05, 0) is 50.8 Å². The SMILES string of the molecule is CCN1CCCCN(C(=O)CCc2nc(-c3ccccc3)no2)CC(=O)NCC2CCCN(C2)c2nc3cc(OC)c(OC)c(OC)c3cc2C1. The molecule has 1 unspecified atom stereocenters. The molecule has 51 heavy (non-hydrogen) atoms. The van der Waals surface area contributed by atoms with Gasteiger partial charge in [-0.1, -0.05) is 42.4 Å². The Balaban J connectivity index is 1.21. The maximum absolute atomic E-state index is 13.5. The largest absolute Gasteiger partial charge is 0.493 e. The van der Waals surface area contributed by atoms with Crippen LogP contribution in [0.25, 0.3) is 22.3 Å². The highest BCUT2D eigenvalue weighted by molar-refractivity contribution is 5.92. The van der Waals surface area contributed by atoms with Gasteiger partial charge in [0, 0.05) is 68.1 Å². The number of methoxy groups -OCH3 is 3. The first-order chi connectivity index (χ1) is 24.9. The summed E-state index contributed by atoms with van der Waals surface area (Å²) < 4.78 is 22.6. The molecule has 13 nitrogen and oxygen atoms in total. The molecule has 2 aromatic carbocycles. The van der Waals surface area contributed by atoms with Crippen LogP contribution in [0.3, 0.4) is 0 Å². The van der Waals surface area contributed by atoms with Gasteiger partial charge in [-0.15, -0.1) is 0 Å². The molecule has 4 heterocycles. The summed E-state index contributed by atoms with van der Waals surface area (Å²) in [5, 5.41) is 8.08. The fourth-order valence-corrected chi connectivity index (χ4v) is 7.08. The van der Waals surface area contributed by atoms with E-state index in [1.807, 2.05) is 36.4 Å². The highest BCUT2D eigenvalue weighted by Crippen LogP contribution is 2.44. The zero-order chi connectivity index (χ0) is 35.7. The number of aromatic nitrogens is 3. The normalized spacial score (nSPS) is 17.9. The number of carbonyl (C=O) groups excluding carboxylic acids is 2. The fourth-order valence-electron chi connectivity index (χ4n) is 7.08. The molecule has 1 saturated heterocycles. The van der Waals surface area contributed by atoms with Crippen LogP contribution in [0.5, 0.6) is 17.2 Å². The Morgan fingerprint density at radius 1 is 0.961 bits per heavy atom. The van der Waals surface area contributed by atoms with E-state index in [2.05, 4.69) is 38.2 Å². The number of hydrogen-bond donors (Lipinski definition) is 1. The van der Waals surface area contributed by atoms with Crippen LogP contribution in [0.2, 0.25) is 0 Å². The lowest BCUT2D eigenvalue weighted by atomic mass is 9.97. The quantitative estimate of drug-likeness (QED) is 0.274. The zero-order valence-corrected chi connectivity index (χ0v) is 30.2. The number of amides is 2. The van der Waals surface area contributed by atoms with Crippen LogP contribution < -0.4 is 24.4 Å². The third kappa shape index (κ3) is 8.53. The summed E-state index contributed by atoms with van der Waals surface area (Å²) in [7, 11) is 4.86. The average Bonchev–Trinajstić information content (AvgIpc) is 3.65. The van der Waals surface area contributed by atoms with Crippen LogP contribution >= 0.6 is 0 Å². The first kappa shape index (κ1) is 35.9. The molecule has 0 saturated carbocycles. The van der Waals surface area contributed by atoms with Gasteiger partial charge in [0.1, 0.15) is 5.82 Å². The van der Waals surface area contributed by atoms with Crippen LogP contribution in [0.15, 0.2) is 47.0 Å². The first-order valence-electron chi connectivity index (χ1n) is 17.9.